The third-order valence-corrected chi connectivity index (χ3v) is 2.09. The van der Waals surface area contributed by atoms with Crippen molar-refractivity contribution in [3.05, 3.63) is 41.6 Å². The van der Waals surface area contributed by atoms with Gasteiger partial charge in [-0.05, 0) is 50.6 Å². The molecule has 0 amide bonds. The molecule has 0 spiro atoms. The van der Waals surface area contributed by atoms with Crippen molar-refractivity contribution in [2.75, 3.05) is 0 Å². The van der Waals surface area contributed by atoms with E-state index < -0.39 is 0 Å². The first-order valence-corrected chi connectivity index (χ1v) is 4.72. The fourth-order valence-electron chi connectivity index (χ4n) is 1.20. The van der Waals surface area contributed by atoms with Crippen LogP contribution in [0.15, 0.2) is 30.8 Å². The lowest BCUT2D eigenvalue weighted by Crippen LogP contribution is -3.10. The van der Waals surface area contributed by atoms with Crippen molar-refractivity contribution in [3.8, 4) is 0 Å². The second-order valence-corrected chi connectivity index (χ2v) is 4.41. The van der Waals surface area contributed by atoms with Crippen LogP contribution in [0, 0.1) is 5.21 Å². The van der Waals surface area contributed by atoms with Gasteiger partial charge >= 0.3 is 0 Å². The first-order chi connectivity index (χ1) is 6.45. The van der Waals surface area contributed by atoms with Crippen LogP contribution in [-0.2, 0) is 0 Å². The number of quaternary nitrogens is 1. The molecule has 0 aromatic heterocycles. The van der Waals surface area contributed by atoms with Gasteiger partial charge in [0, 0.05) is 0 Å². The zero-order chi connectivity index (χ0) is 10.8. The Balaban J connectivity index is 2.92. The summed E-state index contributed by atoms with van der Waals surface area (Å²) in [6.07, 6.45) is 1.77. The average Bonchev–Trinajstić information content (AvgIpc) is 2.15. The molecular weight excluding hydrogens is 174 g/mol. The molecule has 76 valence electrons. The molecule has 0 fully saturated rings. The van der Waals surface area contributed by atoms with E-state index in [4.69, 9.17) is 0 Å². The van der Waals surface area contributed by atoms with Crippen LogP contribution in [0.25, 0.3) is 6.08 Å². The fraction of sp³-hybridized carbons (Fsp3) is 0.333. The van der Waals surface area contributed by atoms with Crippen molar-refractivity contribution < 1.29 is 5.06 Å². The molecule has 0 aliphatic heterocycles. The monoisotopic (exact) mass is 191 g/mol. The van der Waals surface area contributed by atoms with Gasteiger partial charge in [0.2, 0.25) is 0 Å². The predicted octanol–water partition coefficient (Wildman–Crippen LogP) is 2.14. The summed E-state index contributed by atoms with van der Waals surface area (Å²) >= 11 is 0. The van der Waals surface area contributed by atoms with Crippen LogP contribution in [0.5, 0.6) is 0 Å². The lowest BCUT2D eigenvalue weighted by molar-refractivity contribution is -0.832. The van der Waals surface area contributed by atoms with Crippen molar-refractivity contribution in [2.24, 2.45) is 0 Å². The summed E-state index contributed by atoms with van der Waals surface area (Å²) in [6.45, 7) is 9.45. The first kappa shape index (κ1) is 11.0. The van der Waals surface area contributed by atoms with Gasteiger partial charge in [-0.3, -0.25) is 0 Å². The topological polar surface area (TPSA) is 27.5 Å². The molecule has 0 aliphatic rings. The fourth-order valence-corrected chi connectivity index (χ4v) is 1.20. The summed E-state index contributed by atoms with van der Waals surface area (Å²) in [4.78, 5) is 0. The summed E-state index contributed by atoms with van der Waals surface area (Å²) in [7, 11) is 0. The van der Waals surface area contributed by atoms with Crippen LogP contribution >= 0.6 is 0 Å². The summed E-state index contributed by atoms with van der Waals surface area (Å²) in [5.74, 6) is 0. The SMILES string of the molecule is C=Cc1ccc([NH+]([O-])C(C)(C)C)cc1. The van der Waals surface area contributed by atoms with Gasteiger partial charge in [-0.1, -0.05) is 12.7 Å². The molecule has 1 unspecified atom stereocenters. The van der Waals surface area contributed by atoms with E-state index in [-0.39, 0.29) is 10.6 Å². The van der Waals surface area contributed by atoms with Crippen LogP contribution < -0.4 is 5.06 Å². The molecule has 1 N–H and O–H groups in total. The molecule has 0 aliphatic carbocycles. The molecule has 2 heteroatoms. The van der Waals surface area contributed by atoms with Crippen molar-refractivity contribution >= 4 is 11.8 Å². The van der Waals surface area contributed by atoms with E-state index in [0.717, 1.165) is 11.3 Å². The molecule has 0 radical (unpaired) electrons. The van der Waals surface area contributed by atoms with E-state index in [2.05, 4.69) is 6.58 Å². The van der Waals surface area contributed by atoms with E-state index in [1.807, 2.05) is 45.0 Å². The second-order valence-electron chi connectivity index (χ2n) is 4.41. The molecule has 14 heavy (non-hydrogen) atoms. The minimum Gasteiger partial charge on any atom is -0.628 e. The Morgan fingerprint density at radius 1 is 1.21 bits per heavy atom. The highest BCUT2D eigenvalue weighted by molar-refractivity contribution is 5.49. The Labute approximate surface area is 85.4 Å². The van der Waals surface area contributed by atoms with Gasteiger partial charge in [0.05, 0.1) is 5.54 Å². The van der Waals surface area contributed by atoms with Crippen LogP contribution in [-0.4, -0.2) is 5.54 Å². The quantitative estimate of drug-likeness (QED) is 0.712. The predicted molar refractivity (Wildman–Crippen MR) is 60.3 cm³/mol. The number of rotatable bonds is 2. The second kappa shape index (κ2) is 3.95. The molecule has 0 saturated carbocycles. The van der Waals surface area contributed by atoms with Gasteiger partial charge in [-0.15, -0.1) is 0 Å². The lowest BCUT2D eigenvalue weighted by atomic mass is 10.1. The Hall–Kier alpha value is -1.12. The first-order valence-electron chi connectivity index (χ1n) is 4.72. The highest BCUT2D eigenvalue weighted by atomic mass is 16.5. The average molecular weight is 191 g/mol. The standard InChI is InChI=1S/C12H17NO/c1-5-10-6-8-11(9-7-10)13(14)12(2,3)4/h5-9,13H,1H2,2-4H3. The Morgan fingerprint density at radius 3 is 2.07 bits per heavy atom. The molecular formula is C12H17NO. The van der Waals surface area contributed by atoms with E-state index >= 15 is 0 Å². The third kappa shape index (κ3) is 2.44. The van der Waals surface area contributed by atoms with Crippen LogP contribution in [0.1, 0.15) is 26.3 Å². The van der Waals surface area contributed by atoms with Crippen molar-refractivity contribution in [1.29, 1.82) is 0 Å². The lowest BCUT2D eigenvalue weighted by Gasteiger charge is -2.34. The number of benzene rings is 1. The normalized spacial score (nSPS) is 13.7. The third-order valence-electron chi connectivity index (χ3n) is 2.09. The largest absolute Gasteiger partial charge is 0.628 e. The summed E-state index contributed by atoms with van der Waals surface area (Å²) in [5.41, 5.74) is 1.49. The number of hydrogen-bond donors (Lipinski definition) is 1. The van der Waals surface area contributed by atoms with Crippen molar-refractivity contribution in [1.82, 2.24) is 0 Å². The van der Waals surface area contributed by atoms with Crippen molar-refractivity contribution in [2.45, 2.75) is 26.3 Å². The number of nitrogens with one attached hydrogen (secondary N) is 1. The smallest absolute Gasteiger partial charge is 0.131 e. The highest BCUT2D eigenvalue weighted by Crippen LogP contribution is 2.08. The Morgan fingerprint density at radius 2 is 1.71 bits per heavy atom. The van der Waals surface area contributed by atoms with Crippen molar-refractivity contribution in [3.63, 3.8) is 0 Å². The Bertz CT molecular complexity index is 308. The van der Waals surface area contributed by atoms with E-state index in [1.54, 1.807) is 6.08 Å². The van der Waals surface area contributed by atoms with E-state index in [1.165, 1.54) is 0 Å². The zero-order valence-electron chi connectivity index (χ0n) is 9.00. The Kier molecular flexibility index (Phi) is 3.09. The molecule has 1 atom stereocenters. The maximum Gasteiger partial charge on any atom is 0.131 e. The molecule has 0 heterocycles. The van der Waals surface area contributed by atoms with Crippen LogP contribution in [0.3, 0.4) is 0 Å². The van der Waals surface area contributed by atoms with E-state index in [0.29, 0.717) is 0 Å². The van der Waals surface area contributed by atoms with Gasteiger partial charge in [-0.25, -0.2) is 0 Å². The summed E-state index contributed by atoms with van der Waals surface area (Å²) < 4.78 is 0. The minimum absolute atomic E-state index is 0.174. The van der Waals surface area contributed by atoms with Gasteiger partial charge in [0.1, 0.15) is 5.69 Å². The maximum atomic E-state index is 11.8. The molecule has 2 nitrogen and oxygen atoms in total. The number of hydroxylamine groups is 1. The van der Waals surface area contributed by atoms with Crippen LogP contribution in [0.4, 0.5) is 5.69 Å². The van der Waals surface area contributed by atoms with E-state index in [9.17, 15) is 5.21 Å². The number of hydrogen-bond acceptors (Lipinski definition) is 1. The van der Waals surface area contributed by atoms with Gasteiger partial charge in [-0.2, -0.15) is 0 Å². The van der Waals surface area contributed by atoms with Gasteiger partial charge in [0.25, 0.3) is 0 Å². The summed E-state index contributed by atoms with van der Waals surface area (Å²) in [6, 6.07) is 7.52. The summed E-state index contributed by atoms with van der Waals surface area (Å²) in [5, 5.41) is 12.0. The minimum atomic E-state index is -0.310. The maximum absolute atomic E-state index is 11.8. The molecule has 1 aromatic rings. The zero-order valence-corrected chi connectivity index (χ0v) is 9.00. The highest BCUT2D eigenvalue weighted by Gasteiger charge is 2.19. The molecule has 0 bridgehead atoms. The molecule has 0 saturated heterocycles. The van der Waals surface area contributed by atoms with Gasteiger partial charge in [0.15, 0.2) is 0 Å². The molecule has 1 aromatic carbocycles. The molecule has 1 rings (SSSR count). The van der Waals surface area contributed by atoms with Gasteiger partial charge < -0.3 is 10.3 Å². The van der Waals surface area contributed by atoms with Crippen LogP contribution in [0.2, 0.25) is 0 Å².